The van der Waals surface area contributed by atoms with Gasteiger partial charge < -0.3 is 5.11 Å². The molecule has 0 aliphatic carbocycles. The maximum absolute atomic E-state index is 11.6. The Morgan fingerprint density at radius 3 is 2.31 bits per heavy atom. The van der Waals surface area contributed by atoms with E-state index in [1.165, 1.54) is 4.90 Å². The zero-order valence-corrected chi connectivity index (χ0v) is 7.70. The summed E-state index contributed by atoms with van der Waals surface area (Å²) in [5.41, 5.74) is 0. The van der Waals surface area contributed by atoms with Gasteiger partial charge in [-0.2, -0.15) is 0 Å². The summed E-state index contributed by atoms with van der Waals surface area (Å²) >= 11 is 0. The van der Waals surface area contributed by atoms with Crippen LogP contribution in [0.1, 0.15) is 12.8 Å². The molecule has 78 valence electrons. The second-order valence-electron chi connectivity index (χ2n) is 2.99. The number of likely N-dealkylation sites (N-methyl/N-ethyl adjacent to an activating group) is 1. The minimum Gasteiger partial charge on any atom is -0.480 e. The average molecular weight is 196 g/mol. The van der Waals surface area contributed by atoms with Crippen LogP contribution >= 0.6 is 0 Å². The molecule has 4 nitrogen and oxygen atoms in total. The zero-order chi connectivity index (χ0) is 10.4. The van der Waals surface area contributed by atoms with Gasteiger partial charge in [-0.15, -0.1) is 8.96 Å². The summed E-state index contributed by atoms with van der Waals surface area (Å²) in [4.78, 5) is 12.1. The highest BCUT2D eigenvalue weighted by atomic mass is 19.4. The van der Waals surface area contributed by atoms with Crippen LogP contribution in [0, 0.1) is 0 Å². The second kappa shape index (κ2) is 5.82. The monoisotopic (exact) mass is 196 g/mol. The first-order valence-corrected chi connectivity index (χ1v) is 3.93. The van der Waals surface area contributed by atoms with E-state index in [9.17, 15) is 13.8 Å². The van der Waals surface area contributed by atoms with Crippen molar-refractivity contribution in [3.05, 3.63) is 0 Å². The maximum Gasteiger partial charge on any atom is 0.320 e. The van der Waals surface area contributed by atoms with E-state index in [4.69, 9.17) is 5.11 Å². The number of carboxylic acid groups (broad SMARTS) is 1. The van der Waals surface area contributed by atoms with Gasteiger partial charge in [-0.3, -0.25) is 9.69 Å². The molecule has 0 saturated heterocycles. The van der Waals surface area contributed by atoms with E-state index in [1.54, 1.807) is 14.1 Å². The lowest BCUT2D eigenvalue weighted by molar-refractivity contribution is -0.155. The van der Waals surface area contributed by atoms with Gasteiger partial charge in [0.25, 0.3) is 0 Å². The molecule has 0 aromatic carbocycles. The lowest BCUT2D eigenvalue weighted by Crippen LogP contribution is -2.35. The normalized spacial score (nSPS) is 13.7. The number of carboxylic acids is 1. The molecule has 0 unspecified atom stereocenters. The molecule has 13 heavy (non-hydrogen) atoms. The first-order valence-electron chi connectivity index (χ1n) is 3.93. The SMILES string of the molecule is CN(C)[C@@H](CCCN(F)F)C(=O)O. The van der Waals surface area contributed by atoms with Gasteiger partial charge in [0.1, 0.15) is 6.04 Å². The van der Waals surface area contributed by atoms with Crippen molar-refractivity contribution in [1.29, 1.82) is 0 Å². The largest absolute Gasteiger partial charge is 0.480 e. The molecule has 0 radical (unpaired) electrons. The number of nitrogens with zero attached hydrogens (tertiary/aromatic N) is 2. The number of halogens is 2. The fraction of sp³-hybridized carbons (Fsp3) is 0.857. The predicted octanol–water partition coefficient (Wildman–Crippen LogP) is 0.852. The maximum atomic E-state index is 11.6. The van der Waals surface area contributed by atoms with Crippen molar-refractivity contribution < 1.29 is 18.9 Å². The summed E-state index contributed by atoms with van der Waals surface area (Å²) in [5.74, 6) is -0.978. The highest BCUT2D eigenvalue weighted by Gasteiger charge is 2.19. The van der Waals surface area contributed by atoms with Gasteiger partial charge in [0, 0.05) is 5.34 Å². The van der Waals surface area contributed by atoms with Crippen LogP contribution in [0.4, 0.5) is 8.96 Å². The molecule has 0 amide bonds. The summed E-state index contributed by atoms with van der Waals surface area (Å²) in [6.45, 7) is -0.391. The Hall–Kier alpha value is -0.750. The predicted molar refractivity (Wildman–Crippen MR) is 43.3 cm³/mol. The molecule has 0 aliphatic heterocycles. The van der Waals surface area contributed by atoms with Crippen LogP contribution in [0.5, 0.6) is 0 Å². The molecule has 0 heterocycles. The Morgan fingerprint density at radius 1 is 1.46 bits per heavy atom. The molecule has 0 aromatic heterocycles. The first kappa shape index (κ1) is 12.2. The van der Waals surface area contributed by atoms with Crippen LogP contribution in [0.3, 0.4) is 0 Å². The fourth-order valence-corrected chi connectivity index (χ4v) is 1.01. The number of rotatable bonds is 6. The van der Waals surface area contributed by atoms with E-state index in [2.05, 4.69) is 0 Å². The Morgan fingerprint density at radius 2 is 2.00 bits per heavy atom. The smallest absolute Gasteiger partial charge is 0.320 e. The summed E-state index contributed by atoms with van der Waals surface area (Å²) in [6, 6.07) is -0.681. The van der Waals surface area contributed by atoms with Gasteiger partial charge in [-0.25, -0.2) is 0 Å². The number of carbonyl (C=O) groups is 1. The van der Waals surface area contributed by atoms with Crippen LogP contribution in [-0.2, 0) is 4.79 Å². The van der Waals surface area contributed by atoms with Crippen LogP contribution in [-0.4, -0.2) is 48.0 Å². The molecular formula is C7H14F2N2O2. The van der Waals surface area contributed by atoms with E-state index < -0.39 is 23.9 Å². The Labute approximate surface area is 75.6 Å². The molecule has 0 aliphatic rings. The Bertz CT molecular complexity index is 165. The highest BCUT2D eigenvalue weighted by molar-refractivity contribution is 5.73. The molecule has 0 bridgehead atoms. The van der Waals surface area contributed by atoms with Crippen molar-refractivity contribution in [2.45, 2.75) is 18.9 Å². The first-order chi connectivity index (χ1) is 5.95. The molecule has 0 rings (SSSR count). The van der Waals surface area contributed by atoms with Crippen molar-refractivity contribution in [1.82, 2.24) is 10.2 Å². The third kappa shape index (κ3) is 5.48. The van der Waals surface area contributed by atoms with Gasteiger partial charge in [-0.1, -0.05) is 0 Å². The molecular weight excluding hydrogens is 182 g/mol. The quantitative estimate of drug-likeness (QED) is 0.640. The minimum absolute atomic E-state index is 0.169. The molecule has 1 atom stereocenters. The Balaban J connectivity index is 3.77. The van der Waals surface area contributed by atoms with E-state index >= 15 is 0 Å². The van der Waals surface area contributed by atoms with Gasteiger partial charge in [0.15, 0.2) is 0 Å². The minimum atomic E-state index is -0.978. The average Bonchev–Trinajstić information content (AvgIpc) is 1.95. The highest BCUT2D eigenvalue weighted by Crippen LogP contribution is 2.05. The van der Waals surface area contributed by atoms with Crippen molar-refractivity contribution in [3.63, 3.8) is 0 Å². The van der Waals surface area contributed by atoms with Crippen molar-refractivity contribution >= 4 is 5.97 Å². The van der Waals surface area contributed by atoms with E-state index in [-0.39, 0.29) is 12.8 Å². The van der Waals surface area contributed by atoms with Gasteiger partial charge in [0.05, 0.1) is 6.54 Å². The second-order valence-corrected chi connectivity index (χ2v) is 2.99. The van der Waals surface area contributed by atoms with Crippen LogP contribution in [0.25, 0.3) is 0 Å². The van der Waals surface area contributed by atoms with Crippen LogP contribution in [0.15, 0.2) is 0 Å². The van der Waals surface area contributed by atoms with Crippen LogP contribution < -0.4 is 0 Å². The molecule has 0 spiro atoms. The molecule has 0 aromatic rings. The summed E-state index contributed by atoms with van der Waals surface area (Å²) < 4.78 is 23.1. The summed E-state index contributed by atoms with van der Waals surface area (Å²) in [5, 5.41) is 7.73. The number of hydrogen-bond acceptors (Lipinski definition) is 3. The third-order valence-electron chi connectivity index (χ3n) is 1.71. The number of aliphatic carboxylic acids is 1. The standard InChI is InChI=1S/C7H14F2N2O2/c1-10(2)6(7(12)13)4-3-5-11(8)9/h6H,3-5H2,1-2H3,(H,12,13)/t6-/m0/s1. The van der Waals surface area contributed by atoms with Gasteiger partial charge in [0.2, 0.25) is 0 Å². The zero-order valence-electron chi connectivity index (χ0n) is 7.70. The lowest BCUT2D eigenvalue weighted by atomic mass is 10.1. The third-order valence-corrected chi connectivity index (χ3v) is 1.71. The Kier molecular flexibility index (Phi) is 5.48. The van der Waals surface area contributed by atoms with Crippen molar-refractivity contribution in [2.24, 2.45) is 0 Å². The van der Waals surface area contributed by atoms with E-state index in [0.29, 0.717) is 0 Å². The molecule has 0 fully saturated rings. The molecule has 6 heteroatoms. The summed E-state index contributed by atoms with van der Waals surface area (Å²) in [6.07, 6.45) is 0.398. The summed E-state index contributed by atoms with van der Waals surface area (Å²) in [7, 11) is 3.23. The van der Waals surface area contributed by atoms with Gasteiger partial charge >= 0.3 is 5.97 Å². The van der Waals surface area contributed by atoms with E-state index in [0.717, 1.165) is 0 Å². The van der Waals surface area contributed by atoms with Crippen molar-refractivity contribution in [2.75, 3.05) is 20.6 Å². The van der Waals surface area contributed by atoms with Gasteiger partial charge in [-0.05, 0) is 26.9 Å². The van der Waals surface area contributed by atoms with Crippen LogP contribution in [0.2, 0.25) is 0 Å². The molecule has 1 N–H and O–H groups in total. The number of hydrogen-bond donors (Lipinski definition) is 1. The van der Waals surface area contributed by atoms with Crippen molar-refractivity contribution in [3.8, 4) is 0 Å². The molecule has 0 saturated carbocycles. The van der Waals surface area contributed by atoms with E-state index in [1.807, 2.05) is 0 Å². The topological polar surface area (TPSA) is 43.8 Å². The fourth-order valence-electron chi connectivity index (χ4n) is 1.01. The lowest BCUT2D eigenvalue weighted by Gasteiger charge is -2.19.